The number of hydrogen-bond donors (Lipinski definition) is 5. The van der Waals surface area contributed by atoms with Gasteiger partial charge in [-0.1, -0.05) is 31.9 Å². The Kier molecular flexibility index (Phi) is 9.51. The minimum Gasteiger partial charge on any atom is -0.399 e. The van der Waals surface area contributed by atoms with E-state index < -0.39 is 13.4 Å². The standard InChI is InChI=1S/C16H31N4O3P/c1-2-3-4-16(24(21,22)23)20(12-11-19-10-9-17)13-14-5-7-15(18)8-6-14/h5-8,16,19H,2-4,9-13,17-18H2,1H3,(H2,21,22,23). The molecule has 0 aliphatic heterocycles. The van der Waals surface area contributed by atoms with Gasteiger partial charge >= 0.3 is 7.60 Å². The molecule has 0 saturated heterocycles. The van der Waals surface area contributed by atoms with Gasteiger partial charge in [-0.3, -0.25) is 9.46 Å². The lowest BCUT2D eigenvalue weighted by atomic mass is 10.1. The van der Waals surface area contributed by atoms with Crippen molar-refractivity contribution in [1.29, 1.82) is 0 Å². The molecule has 0 bridgehead atoms. The maximum atomic E-state index is 12.0. The Morgan fingerprint density at radius 2 is 1.92 bits per heavy atom. The van der Waals surface area contributed by atoms with E-state index in [1.807, 2.05) is 24.0 Å². The number of nitrogen functional groups attached to an aromatic ring is 1. The lowest BCUT2D eigenvalue weighted by Crippen LogP contribution is -2.40. The zero-order valence-electron chi connectivity index (χ0n) is 14.4. The van der Waals surface area contributed by atoms with Crippen molar-refractivity contribution in [3.63, 3.8) is 0 Å². The number of rotatable bonds is 12. The number of nitrogens with one attached hydrogen (secondary N) is 1. The molecule has 1 atom stereocenters. The zero-order valence-corrected chi connectivity index (χ0v) is 15.3. The largest absolute Gasteiger partial charge is 0.399 e. The number of nitrogens with two attached hydrogens (primary N) is 2. The fraction of sp³-hybridized carbons (Fsp3) is 0.625. The first-order chi connectivity index (χ1) is 11.4. The molecular weight excluding hydrogens is 327 g/mol. The van der Waals surface area contributed by atoms with Gasteiger partial charge in [0.1, 0.15) is 5.78 Å². The van der Waals surface area contributed by atoms with Gasteiger partial charge in [0.2, 0.25) is 0 Å². The van der Waals surface area contributed by atoms with E-state index in [1.165, 1.54) is 0 Å². The third-order valence-corrected chi connectivity index (χ3v) is 5.25. The van der Waals surface area contributed by atoms with Crippen LogP contribution in [0.2, 0.25) is 0 Å². The van der Waals surface area contributed by atoms with Crippen LogP contribution in [0.5, 0.6) is 0 Å². The molecule has 0 amide bonds. The van der Waals surface area contributed by atoms with Gasteiger partial charge in [0.25, 0.3) is 0 Å². The molecular formula is C16H31N4O3P. The fourth-order valence-electron chi connectivity index (χ4n) is 2.59. The summed E-state index contributed by atoms with van der Waals surface area (Å²) in [5.74, 6) is -0.769. The average Bonchev–Trinajstić information content (AvgIpc) is 2.52. The number of nitrogens with zero attached hydrogens (tertiary/aromatic N) is 1. The summed E-state index contributed by atoms with van der Waals surface area (Å²) >= 11 is 0. The van der Waals surface area contributed by atoms with Crippen molar-refractivity contribution in [2.75, 3.05) is 31.9 Å². The summed E-state index contributed by atoms with van der Waals surface area (Å²) in [4.78, 5) is 21.5. The molecule has 0 aromatic heterocycles. The Morgan fingerprint density at radius 3 is 2.46 bits per heavy atom. The number of anilines is 1. The molecule has 1 rings (SSSR count). The van der Waals surface area contributed by atoms with Crippen molar-refractivity contribution in [1.82, 2.24) is 10.2 Å². The highest BCUT2D eigenvalue weighted by molar-refractivity contribution is 7.52. The van der Waals surface area contributed by atoms with E-state index >= 15 is 0 Å². The summed E-state index contributed by atoms with van der Waals surface area (Å²) in [6, 6.07) is 7.40. The van der Waals surface area contributed by atoms with Crippen LogP contribution in [0.3, 0.4) is 0 Å². The highest BCUT2D eigenvalue weighted by atomic mass is 31.2. The van der Waals surface area contributed by atoms with Crippen molar-refractivity contribution in [3.05, 3.63) is 29.8 Å². The second kappa shape index (κ2) is 10.8. The van der Waals surface area contributed by atoms with Crippen LogP contribution in [0.4, 0.5) is 5.69 Å². The van der Waals surface area contributed by atoms with Gasteiger partial charge < -0.3 is 26.6 Å². The molecule has 1 aromatic carbocycles. The van der Waals surface area contributed by atoms with Crippen molar-refractivity contribution in [3.8, 4) is 0 Å². The molecule has 0 aliphatic carbocycles. The lowest BCUT2D eigenvalue weighted by molar-refractivity contribution is 0.196. The van der Waals surface area contributed by atoms with E-state index in [9.17, 15) is 14.4 Å². The third-order valence-electron chi connectivity index (χ3n) is 3.89. The van der Waals surface area contributed by atoms with E-state index in [2.05, 4.69) is 5.32 Å². The maximum absolute atomic E-state index is 12.0. The fourth-order valence-corrected chi connectivity index (χ4v) is 3.73. The van der Waals surface area contributed by atoms with Crippen LogP contribution in [-0.2, 0) is 11.1 Å². The molecule has 0 radical (unpaired) electrons. The Hall–Kier alpha value is -0.950. The molecule has 0 heterocycles. The van der Waals surface area contributed by atoms with Gasteiger partial charge in [0, 0.05) is 38.4 Å². The van der Waals surface area contributed by atoms with Gasteiger partial charge in [-0.25, -0.2) is 0 Å². The van der Waals surface area contributed by atoms with E-state index in [0.29, 0.717) is 44.8 Å². The Labute approximate surface area is 144 Å². The summed E-state index contributed by atoms with van der Waals surface area (Å²) in [6.07, 6.45) is 2.16. The minimum atomic E-state index is -4.22. The molecule has 7 N–H and O–H groups in total. The highest BCUT2D eigenvalue weighted by Crippen LogP contribution is 2.45. The maximum Gasteiger partial charge on any atom is 0.342 e. The van der Waals surface area contributed by atoms with E-state index in [4.69, 9.17) is 11.5 Å². The van der Waals surface area contributed by atoms with Gasteiger partial charge in [-0.05, 0) is 24.1 Å². The van der Waals surface area contributed by atoms with Crippen LogP contribution in [0.15, 0.2) is 24.3 Å². The predicted molar refractivity (Wildman–Crippen MR) is 98.5 cm³/mol. The predicted octanol–water partition coefficient (Wildman–Crippen LogP) is 1.31. The molecule has 0 aliphatic rings. The van der Waals surface area contributed by atoms with Crippen LogP contribution < -0.4 is 16.8 Å². The summed E-state index contributed by atoms with van der Waals surface area (Å²) in [5, 5.41) is 3.18. The minimum absolute atomic E-state index is 0.476. The Morgan fingerprint density at radius 1 is 1.25 bits per heavy atom. The molecule has 0 spiro atoms. The van der Waals surface area contributed by atoms with Crippen LogP contribution in [0.25, 0.3) is 0 Å². The van der Waals surface area contributed by atoms with Crippen LogP contribution >= 0.6 is 7.60 Å². The van der Waals surface area contributed by atoms with Gasteiger partial charge in [-0.15, -0.1) is 0 Å². The average molecular weight is 358 g/mol. The molecule has 8 heteroatoms. The van der Waals surface area contributed by atoms with Crippen molar-refractivity contribution in [2.24, 2.45) is 5.73 Å². The number of hydrogen-bond acceptors (Lipinski definition) is 5. The third kappa shape index (κ3) is 7.75. The number of benzene rings is 1. The molecule has 1 aromatic rings. The molecule has 24 heavy (non-hydrogen) atoms. The topological polar surface area (TPSA) is 125 Å². The normalized spacial score (nSPS) is 13.4. The van der Waals surface area contributed by atoms with E-state index in [1.54, 1.807) is 12.1 Å². The van der Waals surface area contributed by atoms with Crippen molar-refractivity contribution < 1.29 is 14.4 Å². The lowest BCUT2D eigenvalue weighted by Gasteiger charge is -2.32. The second-order valence-electron chi connectivity index (χ2n) is 5.96. The highest BCUT2D eigenvalue weighted by Gasteiger charge is 2.33. The second-order valence-corrected chi connectivity index (χ2v) is 7.74. The van der Waals surface area contributed by atoms with Gasteiger partial charge in [0.05, 0.1) is 0 Å². The zero-order chi connectivity index (χ0) is 18.0. The molecule has 138 valence electrons. The molecule has 0 saturated carbocycles. The summed E-state index contributed by atoms with van der Waals surface area (Å²) in [6.45, 7) is 4.90. The molecule has 7 nitrogen and oxygen atoms in total. The van der Waals surface area contributed by atoms with Gasteiger partial charge in [-0.2, -0.15) is 0 Å². The summed E-state index contributed by atoms with van der Waals surface area (Å²) < 4.78 is 12.0. The summed E-state index contributed by atoms with van der Waals surface area (Å²) in [7, 11) is -4.22. The SMILES string of the molecule is CCCCC(N(CCNCCN)Cc1ccc(N)cc1)P(=O)(O)O. The monoisotopic (exact) mass is 358 g/mol. The van der Waals surface area contributed by atoms with Gasteiger partial charge in [0.15, 0.2) is 0 Å². The molecule has 0 fully saturated rings. The smallest absolute Gasteiger partial charge is 0.342 e. The number of unbranched alkanes of at least 4 members (excludes halogenated alkanes) is 1. The first kappa shape index (κ1) is 21.1. The Bertz CT molecular complexity index is 507. The van der Waals surface area contributed by atoms with Crippen molar-refractivity contribution in [2.45, 2.75) is 38.5 Å². The Balaban J connectivity index is 2.87. The van der Waals surface area contributed by atoms with Crippen LogP contribution in [0.1, 0.15) is 31.7 Å². The van der Waals surface area contributed by atoms with Crippen LogP contribution in [-0.4, -0.2) is 46.6 Å². The van der Waals surface area contributed by atoms with Crippen molar-refractivity contribution >= 4 is 13.3 Å². The van der Waals surface area contributed by atoms with E-state index in [0.717, 1.165) is 18.4 Å². The first-order valence-corrected chi connectivity index (χ1v) is 10.1. The first-order valence-electron chi connectivity index (χ1n) is 8.43. The van der Waals surface area contributed by atoms with Crippen LogP contribution in [0, 0.1) is 0 Å². The summed E-state index contributed by atoms with van der Waals surface area (Å²) in [5.41, 5.74) is 12.8. The van der Waals surface area contributed by atoms with E-state index in [-0.39, 0.29) is 0 Å². The quantitative estimate of drug-likeness (QED) is 0.217. The molecule has 1 unspecified atom stereocenters.